The van der Waals surface area contributed by atoms with Crippen LogP contribution in [0, 0.1) is 5.82 Å². The van der Waals surface area contributed by atoms with Crippen LogP contribution in [-0.4, -0.2) is 56.5 Å². The van der Waals surface area contributed by atoms with Crippen molar-refractivity contribution in [1.29, 1.82) is 0 Å². The molecule has 2 N–H and O–H groups in total. The van der Waals surface area contributed by atoms with Crippen molar-refractivity contribution in [1.82, 2.24) is 25.5 Å². The second-order valence-electron chi connectivity index (χ2n) is 9.48. The van der Waals surface area contributed by atoms with Crippen molar-refractivity contribution >= 4 is 5.82 Å². The molecule has 176 valence electrons. The van der Waals surface area contributed by atoms with E-state index in [1.807, 2.05) is 0 Å². The molecule has 3 atom stereocenters. The third-order valence-corrected chi connectivity index (χ3v) is 7.18. The lowest BCUT2D eigenvalue weighted by atomic mass is 9.98. The lowest BCUT2D eigenvalue weighted by molar-refractivity contribution is 0.343. The summed E-state index contributed by atoms with van der Waals surface area (Å²) in [4.78, 5) is 10.8. The molecule has 3 aromatic rings. The van der Waals surface area contributed by atoms with Gasteiger partial charge in [0.2, 0.25) is 5.88 Å². The number of hydrogen-bond donors (Lipinski definition) is 2. The first-order valence-corrected chi connectivity index (χ1v) is 11.9. The topological polar surface area (TPSA) is 96.3 Å². The molecule has 9 heteroatoms. The highest BCUT2D eigenvalue weighted by molar-refractivity contribution is 5.73. The normalized spacial score (nSPS) is 23.6. The fourth-order valence-electron chi connectivity index (χ4n) is 5.43. The zero-order chi connectivity index (χ0) is 23.2. The molecule has 1 saturated carbocycles. The van der Waals surface area contributed by atoms with Crippen LogP contribution in [0.25, 0.3) is 22.5 Å². The Labute approximate surface area is 197 Å². The summed E-state index contributed by atoms with van der Waals surface area (Å²) in [6.07, 6.45) is 10.0. The Morgan fingerprint density at radius 1 is 0.971 bits per heavy atom. The summed E-state index contributed by atoms with van der Waals surface area (Å²) < 4.78 is 19.4. The Hall–Kier alpha value is -3.33. The summed E-state index contributed by atoms with van der Waals surface area (Å²) in [5, 5.41) is 23.3. The van der Waals surface area contributed by atoms with Crippen molar-refractivity contribution < 1.29 is 14.2 Å². The van der Waals surface area contributed by atoms with Gasteiger partial charge < -0.3 is 20.1 Å². The first-order valence-electron chi connectivity index (χ1n) is 11.9. The van der Waals surface area contributed by atoms with Crippen molar-refractivity contribution in [3.63, 3.8) is 0 Å². The number of methoxy groups -OCH3 is 1. The third kappa shape index (κ3) is 3.94. The Morgan fingerprint density at radius 3 is 2.41 bits per heavy atom. The van der Waals surface area contributed by atoms with Gasteiger partial charge in [-0.05, 0) is 56.2 Å². The quantitative estimate of drug-likeness (QED) is 0.572. The van der Waals surface area contributed by atoms with Gasteiger partial charge >= 0.3 is 0 Å². The number of pyridine rings is 1. The monoisotopic (exact) mass is 462 g/mol. The Kier molecular flexibility index (Phi) is 5.28. The van der Waals surface area contributed by atoms with Crippen LogP contribution in [0.2, 0.25) is 0 Å². The average Bonchev–Trinajstić information content (AvgIpc) is 3.63. The van der Waals surface area contributed by atoms with Crippen LogP contribution in [0.15, 0.2) is 36.7 Å². The van der Waals surface area contributed by atoms with Crippen LogP contribution in [-0.2, 0) is 0 Å². The largest absolute Gasteiger partial charge is 0.507 e. The van der Waals surface area contributed by atoms with Gasteiger partial charge in [-0.3, -0.25) is 0 Å². The van der Waals surface area contributed by atoms with E-state index in [1.54, 1.807) is 18.3 Å². The van der Waals surface area contributed by atoms with Crippen molar-refractivity contribution in [2.24, 2.45) is 0 Å². The molecule has 1 aromatic carbocycles. The molecular formula is C25H27FN6O2. The molecule has 0 radical (unpaired) electrons. The summed E-state index contributed by atoms with van der Waals surface area (Å²) in [6.45, 7) is 0. The van der Waals surface area contributed by atoms with Gasteiger partial charge in [0.05, 0.1) is 25.1 Å². The lowest BCUT2D eigenvalue weighted by Gasteiger charge is -2.38. The van der Waals surface area contributed by atoms with E-state index in [-0.39, 0.29) is 5.75 Å². The summed E-state index contributed by atoms with van der Waals surface area (Å²) >= 11 is 0. The Bertz CT molecular complexity index is 1190. The SMILES string of the molecule is COc1cc(-c2ccc(-c3ncc(N(C4CC4)C4C[C@H]5CC[C@@H](C4)N5)nn3)c(O)c2)c(F)cn1. The van der Waals surface area contributed by atoms with Crippen LogP contribution in [0.3, 0.4) is 0 Å². The van der Waals surface area contributed by atoms with Gasteiger partial charge in [0.25, 0.3) is 0 Å². The van der Waals surface area contributed by atoms with Crippen LogP contribution in [0.1, 0.15) is 38.5 Å². The molecule has 2 aromatic heterocycles. The molecule has 1 aliphatic carbocycles. The van der Waals surface area contributed by atoms with Gasteiger partial charge in [-0.2, -0.15) is 0 Å². The second kappa shape index (κ2) is 8.47. The van der Waals surface area contributed by atoms with Crippen molar-refractivity contribution in [2.45, 2.75) is 62.7 Å². The maximum Gasteiger partial charge on any atom is 0.213 e. The predicted octanol–water partition coefficient (Wildman–Crippen LogP) is 3.71. The van der Waals surface area contributed by atoms with E-state index in [4.69, 9.17) is 4.74 Å². The number of anilines is 1. The number of fused-ring (bicyclic) bond motifs is 2. The minimum atomic E-state index is -0.498. The number of halogens is 1. The molecule has 2 aliphatic heterocycles. The highest BCUT2D eigenvalue weighted by Gasteiger charge is 2.41. The summed E-state index contributed by atoms with van der Waals surface area (Å²) in [7, 11) is 1.47. The van der Waals surface area contributed by atoms with Gasteiger partial charge in [0, 0.05) is 35.8 Å². The summed E-state index contributed by atoms with van der Waals surface area (Å²) in [5.74, 6) is 0.893. The summed E-state index contributed by atoms with van der Waals surface area (Å²) in [6, 6.07) is 8.57. The lowest BCUT2D eigenvalue weighted by Crippen LogP contribution is -2.49. The molecule has 0 spiro atoms. The van der Waals surface area contributed by atoms with Crippen molar-refractivity contribution in [2.75, 3.05) is 12.0 Å². The molecule has 3 aliphatic rings. The number of piperidine rings is 1. The number of phenols is 1. The van der Waals surface area contributed by atoms with E-state index < -0.39 is 5.82 Å². The molecule has 2 saturated heterocycles. The van der Waals surface area contributed by atoms with Crippen molar-refractivity contribution in [3.05, 3.63) is 42.5 Å². The number of hydrogen-bond acceptors (Lipinski definition) is 8. The maximum atomic E-state index is 14.3. The Morgan fingerprint density at radius 2 is 1.76 bits per heavy atom. The smallest absolute Gasteiger partial charge is 0.213 e. The third-order valence-electron chi connectivity index (χ3n) is 7.18. The minimum absolute atomic E-state index is 0.0452. The molecule has 3 fully saturated rings. The second-order valence-corrected chi connectivity index (χ2v) is 9.48. The number of ether oxygens (including phenoxy) is 1. The molecule has 34 heavy (non-hydrogen) atoms. The zero-order valence-electron chi connectivity index (χ0n) is 19.0. The van der Waals surface area contributed by atoms with Crippen LogP contribution >= 0.6 is 0 Å². The number of aromatic hydroxyl groups is 1. The number of rotatable bonds is 6. The minimum Gasteiger partial charge on any atom is -0.507 e. The zero-order valence-corrected chi connectivity index (χ0v) is 19.0. The molecule has 2 bridgehead atoms. The average molecular weight is 463 g/mol. The molecule has 1 unspecified atom stereocenters. The van der Waals surface area contributed by atoms with Gasteiger partial charge in [0.1, 0.15) is 11.6 Å². The maximum absolute atomic E-state index is 14.3. The highest BCUT2D eigenvalue weighted by atomic mass is 19.1. The first-order chi connectivity index (χ1) is 16.6. The van der Waals surface area contributed by atoms with E-state index in [0.29, 0.717) is 52.6 Å². The number of benzene rings is 1. The van der Waals surface area contributed by atoms with Crippen LogP contribution < -0.4 is 15.0 Å². The van der Waals surface area contributed by atoms with Gasteiger partial charge in [-0.15, -0.1) is 10.2 Å². The van der Waals surface area contributed by atoms with E-state index in [2.05, 4.69) is 30.4 Å². The van der Waals surface area contributed by atoms with Gasteiger partial charge in [-0.1, -0.05) is 6.07 Å². The highest BCUT2D eigenvalue weighted by Crippen LogP contribution is 2.39. The fraction of sp³-hybridized carbons (Fsp3) is 0.440. The molecular weight excluding hydrogens is 435 g/mol. The molecule has 0 amide bonds. The van der Waals surface area contributed by atoms with E-state index >= 15 is 0 Å². The van der Waals surface area contributed by atoms with Crippen LogP contribution in [0.5, 0.6) is 11.6 Å². The first kappa shape index (κ1) is 21.2. The number of phenolic OH excluding ortho intramolecular Hbond substituents is 1. The van der Waals surface area contributed by atoms with Gasteiger partial charge in [0.15, 0.2) is 11.6 Å². The standard InChI is InChI=1S/C25H27FN6O2/c1-34-24-11-20(21(26)12-27-24)14-2-7-19(22(33)8-14)25-28-13-23(30-31-25)32(17-5-6-17)18-9-15-3-4-16(10-18)29-15/h2,7-8,11-13,15-18,29,33H,3-6,9-10H2,1H3/t15-,16+,18?. The molecule has 4 heterocycles. The van der Waals surface area contributed by atoms with E-state index in [1.165, 1.54) is 44.9 Å². The van der Waals surface area contributed by atoms with Gasteiger partial charge in [-0.25, -0.2) is 14.4 Å². The molecule has 6 rings (SSSR count). The van der Waals surface area contributed by atoms with Crippen molar-refractivity contribution in [3.8, 4) is 34.1 Å². The fourth-order valence-corrected chi connectivity index (χ4v) is 5.43. The summed E-state index contributed by atoms with van der Waals surface area (Å²) in [5.41, 5.74) is 1.24. The number of nitrogens with zero attached hydrogens (tertiary/aromatic N) is 5. The number of nitrogens with one attached hydrogen (secondary N) is 1. The van der Waals surface area contributed by atoms with E-state index in [9.17, 15) is 9.50 Å². The predicted molar refractivity (Wildman–Crippen MR) is 125 cm³/mol. The Balaban J connectivity index is 1.25. The van der Waals surface area contributed by atoms with Crippen LogP contribution in [0.4, 0.5) is 10.2 Å². The van der Waals surface area contributed by atoms with E-state index in [0.717, 1.165) is 24.9 Å². The molecule has 8 nitrogen and oxygen atoms in total. The number of aromatic nitrogens is 4.